The Hall–Kier alpha value is -1.71. The molecular formula is C9H10O4. The molecule has 3 N–H and O–H groups in total. The normalized spacial score (nSPS) is 17.7. The summed E-state index contributed by atoms with van der Waals surface area (Å²) < 4.78 is 0. The lowest BCUT2D eigenvalue weighted by molar-refractivity contribution is -0.131. The van der Waals surface area contributed by atoms with Gasteiger partial charge in [-0.25, -0.2) is 4.79 Å². The van der Waals surface area contributed by atoms with Gasteiger partial charge in [0, 0.05) is 12.5 Å². The Bertz CT molecular complexity index is 310. The molecule has 0 aromatic carbocycles. The molecule has 0 saturated carbocycles. The van der Waals surface area contributed by atoms with Crippen molar-refractivity contribution in [2.45, 2.75) is 12.8 Å². The summed E-state index contributed by atoms with van der Waals surface area (Å²) >= 11 is 0. The largest absolute Gasteiger partial charge is 0.508 e. The summed E-state index contributed by atoms with van der Waals surface area (Å²) in [7, 11) is 0. The van der Waals surface area contributed by atoms with Gasteiger partial charge in [-0.2, -0.15) is 0 Å². The van der Waals surface area contributed by atoms with Crippen LogP contribution in [0.1, 0.15) is 12.8 Å². The van der Waals surface area contributed by atoms with Crippen LogP contribution in [-0.2, 0) is 4.79 Å². The standard InChI is InChI=1S/C9H10O4/c10-7-3-1-6(5-8(7)11)2-4-9(12)13/h2,4-5,10-11H,1,3H2,(H,12,13)/b4-2+. The number of allylic oxidation sites excluding steroid dienone is 4. The first-order valence-corrected chi connectivity index (χ1v) is 3.82. The molecule has 70 valence electrons. The lowest BCUT2D eigenvalue weighted by atomic mass is 10.0. The first kappa shape index (κ1) is 9.38. The smallest absolute Gasteiger partial charge is 0.328 e. The zero-order valence-electron chi connectivity index (χ0n) is 6.90. The lowest BCUT2D eigenvalue weighted by Crippen LogP contribution is -1.97. The minimum atomic E-state index is -1.03. The summed E-state index contributed by atoms with van der Waals surface area (Å²) in [5.41, 5.74) is 0.692. The van der Waals surface area contributed by atoms with Gasteiger partial charge in [0.2, 0.25) is 0 Å². The third-order valence-corrected chi connectivity index (χ3v) is 1.71. The topological polar surface area (TPSA) is 77.8 Å². The number of carboxylic acids is 1. The number of aliphatic hydroxyl groups excluding tert-OH is 2. The highest BCUT2D eigenvalue weighted by molar-refractivity contribution is 5.80. The van der Waals surface area contributed by atoms with E-state index < -0.39 is 5.97 Å². The van der Waals surface area contributed by atoms with Crippen LogP contribution in [0.25, 0.3) is 0 Å². The van der Waals surface area contributed by atoms with Crippen LogP contribution in [0.5, 0.6) is 0 Å². The second kappa shape index (κ2) is 3.80. The van der Waals surface area contributed by atoms with Crippen molar-refractivity contribution in [3.63, 3.8) is 0 Å². The molecule has 0 unspecified atom stereocenters. The van der Waals surface area contributed by atoms with Gasteiger partial charge in [-0.05, 0) is 18.1 Å². The van der Waals surface area contributed by atoms with Crippen molar-refractivity contribution < 1.29 is 20.1 Å². The third kappa shape index (κ3) is 2.66. The molecule has 1 aliphatic carbocycles. The second-order valence-corrected chi connectivity index (χ2v) is 2.72. The third-order valence-electron chi connectivity index (χ3n) is 1.71. The van der Waals surface area contributed by atoms with Crippen LogP contribution < -0.4 is 0 Å². The number of aliphatic hydroxyl groups is 2. The molecule has 0 atom stereocenters. The summed E-state index contributed by atoms with van der Waals surface area (Å²) in [6.45, 7) is 0. The fourth-order valence-corrected chi connectivity index (χ4v) is 1.03. The van der Waals surface area contributed by atoms with Crippen molar-refractivity contribution in [3.8, 4) is 0 Å². The Balaban J connectivity index is 2.74. The van der Waals surface area contributed by atoms with E-state index in [0.29, 0.717) is 18.4 Å². The first-order chi connectivity index (χ1) is 6.09. The second-order valence-electron chi connectivity index (χ2n) is 2.72. The van der Waals surface area contributed by atoms with Crippen LogP contribution in [0.3, 0.4) is 0 Å². The highest BCUT2D eigenvalue weighted by atomic mass is 16.4. The fourth-order valence-electron chi connectivity index (χ4n) is 1.03. The Morgan fingerprint density at radius 2 is 2.08 bits per heavy atom. The molecule has 1 rings (SSSR count). The van der Waals surface area contributed by atoms with Crippen molar-refractivity contribution in [2.24, 2.45) is 0 Å². The van der Waals surface area contributed by atoms with Gasteiger partial charge >= 0.3 is 5.97 Å². The predicted octanol–water partition coefficient (Wildman–Crippen LogP) is 1.68. The van der Waals surface area contributed by atoms with E-state index in [1.165, 1.54) is 12.2 Å². The molecule has 0 fully saturated rings. The number of hydrogen-bond donors (Lipinski definition) is 3. The molecule has 4 nitrogen and oxygen atoms in total. The van der Waals surface area contributed by atoms with E-state index in [2.05, 4.69) is 0 Å². The van der Waals surface area contributed by atoms with Crippen LogP contribution in [0.2, 0.25) is 0 Å². The van der Waals surface area contributed by atoms with Crippen LogP contribution in [0.4, 0.5) is 0 Å². The number of carbonyl (C=O) groups is 1. The molecule has 0 radical (unpaired) electrons. The van der Waals surface area contributed by atoms with E-state index in [1.54, 1.807) is 0 Å². The highest BCUT2D eigenvalue weighted by Crippen LogP contribution is 2.21. The Labute approximate surface area is 75.1 Å². The average molecular weight is 182 g/mol. The van der Waals surface area contributed by atoms with E-state index in [0.717, 1.165) is 6.08 Å². The van der Waals surface area contributed by atoms with Gasteiger partial charge in [0.1, 0.15) is 5.76 Å². The summed E-state index contributed by atoms with van der Waals surface area (Å²) in [4.78, 5) is 10.1. The van der Waals surface area contributed by atoms with Gasteiger partial charge in [-0.15, -0.1) is 0 Å². The van der Waals surface area contributed by atoms with Crippen molar-refractivity contribution >= 4 is 5.97 Å². The van der Waals surface area contributed by atoms with Crippen LogP contribution in [0, 0.1) is 0 Å². The van der Waals surface area contributed by atoms with Crippen molar-refractivity contribution in [1.29, 1.82) is 0 Å². The van der Waals surface area contributed by atoms with Crippen molar-refractivity contribution in [2.75, 3.05) is 0 Å². The minimum absolute atomic E-state index is 0.0486. The summed E-state index contributed by atoms with van der Waals surface area (Å²) in [6.07, 6.45) is 4.66. The Kier molecular flexibility index (Phi) is 2.74. The zero-order valence-corrected chi connectivity index (χ0v) is 6.90. The molecule has 0 bridgehead atoms. The summed E-state index contributed by atoms with van der Waals surface area (Å²) in [6, 6.07) is 0. The summed E-state index contributed by atoms with van der Waals surface area (Å²) in [5, 5.41) is 26.4. The zero-order chi connectivity index (χ0) is 9.84. The van der Waals surface area contributed by atoms with Crippen LogP contribution >= 0.6 is 0 Å². The van der Waals surface area contributed by atoms with Gasteiger partial charge < -0.3 is 15.3 Å². The average Bonchev–Trinajstić information content (AvgIpc) is 2.07. The number of hydrogen-bond acceptors (Lipinski definition) is 3. The van der Waals surface area contributed by atoms with Crippen molar-refractivity contribution in [3.05, 3.63) is 35.3 Å². The number of carboxylic acid groups (broad SMARTS) is 1. The fraction of sp³-hybridized carbons (Fsp3) is 0.222. The molecule has 0 aliphatic heterocycles. The van der Waals surface area contributed by atoms with Crippen molar-refractivity contribution in [1.82, 2.24) is 0 Å². The Morgan fingerprint density at radius 1 is 1.38 bits per heavy atom. The van der Waals surface area contributed by atoms with E-state index in [1.807, 2.05) is 0 Å². The van der Waals surface area contributed by atoms with Gasteiger partial charge in [-0.3, -0.25) is 0 Å². The predicted molar refractivity (Wildman–Crippen MR) is 46.4 cm³/mol. The molecule has 1 aliphatic rings. The molecule has 13 heavy (non-hydrogen) atoms. The van der Waals surface area contributed by atoms with Crippen LogP contribution in [-0.4, -0.2) is 21.3 Å². The molecule has 4 heteroatoms. The van der Waals surface area contributed by atoms with E-state index >= 15 is 0 Å². The van der Waals surface area contributed by atoms with Gasteiger partial charge in [-0.1, -0.05) is 6.08 Å². The summed E-state index contributed by atoms with van der Waals surface area (Å²) in [5.74, 6) is -1.26. The minimum Gasteiger partial charge on any atom is -0.508 e. The molecule has 0 spiro atoms. The van der Waals surface area contributed by atoms with E-state index in [9.17, 15) is 4.79 Å². The van der Waals surface area contributed by atoms with Gasteiger partial charge in [0.05, 0.1) is 0 Å². The SMILES string of the molecule is O=C(O)/C=C/C1=CC(O)=C(O)CC1. The number of rotatable bonds is 2. The van der Waals surface area contributed by atoms with Gasteiger partial charge in [0.15, 0.2) is 5.76 Å². The highest BCUT2D eigenvalue weighted by Gasteiger charge is 2.09. The maximum atomic E-state index is 10.1. The molecular weight excluding hydrogens is 172 g/mol. The lowest BCUT2D eigenvalue weighted by Gasteiger charge is -2.09. The van der Waals surface area contributed by atoms with Crippen LogP contribution in [0.15, 0.2) is 35.3 Å². The molecule has 0 amide bonds. The quantitative estimate of drug-likeness (QED) is 0.567. The maximum Gasteiger partial charge on any atom is 0.328 e. The first-order valence-electron chi connectivity index (χ1n) is 3.82. The van der Waals surface area contributed by atoms with Gasteiger partial charge in [0.25, 0.3) is 0 Å². The molecule has 0 aromatic heterocycles. The Morgan fingerprint density at radius 3 is 2.62 bits per heavy atom. The monoisotopic (exact) mass is 182 g/mol. The van der Waals surface area contributed by atoms with E-state index in [-0.39, 0.29) is 11.5 Å². The number of aliphatic carboxylic acids is 1. The van der Waals surface area contributed by atoms with E-state index in [4.69, 9.17) is 15.3 Å². The maximum absolute atomic E-state index is 10.1. The molecule has 0 heterocycles. The molecule has 0 saturated heterocycles. The molecule has 0 aromatic rings.